The van der Waals surface area contributed by atoms with Gasteiger partial charge in [-0.15, -0.1) is 0 Å². The van der Waals surface area contributed by atoms with Crippen molar-refractivity contribution in [2.24, 2.45) is 0 Å². The molecule has 0 radical (unpaired) electrons. The number of benzene rings is 1. The van der Waals surface area contributed by atoms with Crippen molar-refractivity contribution in [3.63, 3.8) is 0 Å². The Kier molecular flexibility index (Phi) is 8.64. The Labute approximate surface area is 108 Å². The summed E-state index contributed by atoms with van der Waals surface area (Å²) >= 11 is 0. The first-order valence-corrected chi connectivity index (χ1v) is 5.42. The van der Waals surface area contributed by atoms with Crippen LogP contribution in [-0.2, 0) is 0 Å². The summed E-state index contributed by atoms with van der Waals surface area (Å²) in [6, 6.07) is 4.51. The minimum absolute atomic E-state index is 0.0562. The second kappa shape index (κ2) is 9.90. The highest BCUT2D eigenvalue weighted by Crippen LogP contribution is 2.21. The van der Waals surface area contributed by atoms with Crippen LogP contribution in [0.1, 0.15) is 17.3 Å². The standard InChI is InChI=1S/C8H8O3.C7H10/c1-11-7-3-2-6(5-9)8(10)4-7;1-3-5-7-6-4-2/h2-5,10H,1H3;3-7H,1H2,2H3/b;6-4-,7-5-. The normalized spacial score (nSPS) is 9.89. The van der Waals surface area contributed by atoms with Crippen LogP contribution in [0.2, 0.25) is 0 Å². The van der Waals surface area contributed by atoms with Gasteiger partial charge in [0, 0.05) is 6.07 Å². The van der Waals surface area contributed by atoms with E-state index >= 15 is 0 Å². The third-order valence-corrected chi connectivity index (χ3v) is 1.92. The van der Waals surface area contributed by atoms with Crippen LogP contribution in [-0.4, -0.2) is 18.5 Å². The SMILES string of the molecule is C=C/C=C\C=C/C.COc1ccc(C=O)c(O)c1. The third-order valence-electron chi connectivity index (χ3n) is 1.92. The van der Waals surface area contributed by atoms with Crippen molar-refractivity contribution in [1.29, 1.82) is 0 Å². The maximum absolute atomic E-state index is 10.2. The molecule has 0 bridgehead atoms. The van der Waals surface area contributed by atoms with Crippen molar-refractivity contribution in [1.82, 2.24) is 0 Å². The molecular formula is C15H18O3. The molecule has 18 heavy (non-hydrogen) atoms. The molecule has 0 amide bonds. The molecular weight excluding hydrogens is 228 g/mol. The van der Waals surface area contributed by atoms with Crippen molar-refractivity contribution in [2.45, 2.75) is 6.92 Å². The molecule has 0 atom stereocenters. The Morgan fingerprint density at radius 1 is 1.28 bits per heavy atom. The molecule has 3 nitrogen and oxygen atoms in total. The number of carbonyl (C=O) groups excluding carboxylic acids is 1. The fourth-order valence-corrected chi connectivity index (χ4v) is 1.00. The first-order valence-electron chi connectivity index (χ1n) is 5.42. The molecule has 1 aromatic carbocycles. The van der Waals surface area contributed by atoms with Crippen molar-refractivity contribution < 1.29 is 14.6 Å². The van der Waals surface area contributed by atoms with Crippen LogP contribution in [0, 0.1) is 0 Å². The largest absolute Gasteiger partial charge is 0.507 e. The summed E-state index contributed by atoms with van der Waals surface area (Å²) in [4.78, 5) is 10.2. The van der Waals surface area contributed by atoms with E-state index in [2.05, 4.69) is 6.58 Å². The van der Waals surface area contributed by atoms with E-state index in [1.54, 1.807) is 12.1 Å². The summed E-state index contributed by atoms with van der Waals surface area (Å²) in [5.41, 5.74) is 0.269. The zero-order valence-corrected chi connectivity index (χ0v) is 10.7. The number of allylic oxidation sites excluding steroid dienone is 5. The lowest BCUT2D eigenvalue weighted by molar-refractivity contribution is 0.112. The van der Waals surface area contributed by atoms with Gasteiger partial charge in [-0.05, 0) is 19.1 Å². The smallest absolute Gasteiger partial charge is 0.153 e. The molecule has 0 heterocycles. The molecule has 0 aliphatic heterocycles. The molecule has 0 fully saturated rings. The number of hydrogen-bond donors (Lipinski definition) is 1. The summed E-state index contributed by atoms with van der Waals surface area (Å²) < 4.78 is 4.82. The average molecular weight is 246 g/mol. The Hall–Kier alpha value is -2.29. The van der Waals surface area contributed by atoms with E-state index in [4.69, 9.17) is 9.84 Å². The van der Waals surface area contributed by atoms with E-state index in [-0.39, 0.29) is 11.3 Å². The van der Waals surface area contributed by atoms with Gasteiger partial charge in [0.1, 0.15) is 11.5 Å². The zero-order valence-electron chi connectivity index (χ0n) is 10.7. The lowest BCUT2D eigenvalue weighted by atomic mass is 10.2. The molecule has 0 aromatic heterocycles. The highest BCUT2D eigenvalue weighted by Gasteiger charge is 1.99. The highest BCUT2D eigenvalue weighted by atomic mass is 16.5. The Morgan fingerprint density at radius 3 is 2.44 bits per heavy atom. The number of hydrogen-bond acceptors (Lipinski definition) is 3. The topological polar surface area (TPSA) is 46.5 Å². The van der Waals surface area contributed by atoms with Gasteiger partial charge < -0.3 is 9.84 Å². The predicted molar refractivity (Wildman–Crippen MR) is 74.2 cm³/mol. The lowest BCUT2D eigenvalue weighted by Crippen LogP contribution is -1.85. The van der Waals surface area contributed by atoms with Crippen LogP contribution in [0.4, 0.5) is 0 Å². The monoisotopic (exact) mass is 246 g/mol. The second-order valence-electron chi connectivity index (χ2n) is 3.19. The molecule has 3 heteroatoms. The van der Waals surface area contributed by atoms with Crippen LogP contribution in [0.25, 0.3) is 0 Å². The van der Waals surface area contributed by atoms with E-state index in [9.17, 15) is 4.79 Å². The van der Waals surface area contributed by atoms with Gasteiger partial charge in [-0.2, -0.15) is 0 Å². The fraction of sp³-hybridized carbons (Fsp3) is 0.133. The van der Waals surface area contributed by atoms with E-state index in [1.807, 2.05) is 31.2 Å². The summed E-state index contributed by atoms with van der Waals surface area (Å²) in [5.74, 6) is 0.479. The summed E-state index contributed by atoms with van der Waals surface area (Å²) in [5, 5.41) is 9.11. The number of ether oxygens (including phenoxy) is 1. The number of carbonyl (C=O) groups is 1. The summed E-state index contributed by atoms with van der Waals surface area (Å²) in [6.07, 6.45) is 10.1. The van der Waals surface area contributed by atoms with Crippen LogP contribution in [0.5, 0.6) is 11.5 Å². The predicted octanol–water partition coefficient (Wildman–Crippen LogP) is 3.52. The average Bonchev–Trinajstić information content (AvgIpc) is 2.40. The van der Waals surface area contributed by atoms with E-state index in [0.717, 1.165) is 0 Å². The number of rotatable bonds is 4. The number of aldehydes is 1. The van der Waals surface area contributed by atoms with Gasteiger partial charge in [-0.3, -0.25) is 4.79 Å². The van der Waals surface area contributed by atoms with Crippen LogP contribution in [0.15, 0.2) is 55.2 Å². The first-order chi connectivity index (χ1) is 8.69. The van der Waals surface area contributed by atoms with Gasteiger partial charge in [0.05, 0.1) is 12.7 Å². The van der Waals surface area contributed by atoms with Crippen LogP contribution >= 0.6 is 0 Å². The van der Waals surface area contributed by atoms with Gasteiger partial charge in [-0.25, -0.2) is 0 Å². The van der Waals surface area contributed by atoms with Crippen molar-refractivity contribution in [3.05, 3.63) is 60.7 Å². The lowest BCUT2D eigenvalue weighted by Gasteiger charge is -2.00. The second-order valence-corrected chi connectivity index (χ2v) is 3.19. The molecule has 0 spiro atoms. The summed E-state index contributed by atoms with van der Waals surface area (Å²) in [6.45, 7) is 5.49. The van der Waals surface area contributed by atoms with E-state index in [0.29, 0.717) is 12.0 Å². The van der Waals surface area contributed by atoms with Gasteiger partial charge in [0.2, 0.25) is 0 Å². The zero-order chi connectivity index (χ0) is 13.8. The molecule has 0 saturated heterocycles. The number of methoxy groups -OCH3 is 1. The third kappa shape index (κ3) is 6.33. The first kappa shape index (κ1) is 15.7. The van der Waals surface area contributed by atoms with Gasteiger partial charge >= 0.3 is 0 Å². The molecule has 96 valence electrons. The van der Waals surface area contributed by atoms with Gasteiger partial charge in [-0.1, -0.05) is 37.0 Å². The number of aromatic hydroxyl groups is 1. The maximum atomic E-state index is 10.2. The van der Waals surface area contributed by atoms with E-state index < -0.39 is 0 Å². The fourth-order valence-electron chi connectivity index (χ4n) is 1.00. The Balaban J connectivity index is 0.000000360. The molecule has 1 aromatic rings. The number of phenols is 1. The summed E-state index contributed by atoms with van der Waals surface area (Å²) in [7, 11) is 1.50. The minimum atomic E-state index is -0.0562. The van der Waals surface area contributed by atoms with Gasteiger partial charge in [0.15, 0.2) is 6.29 Å². The Morgan fingerprint density at radius 2 is 2.00 bits per heavy atom. The van der Waals surface area contributed by atoms with E-state index in [1.165, 1.54) is 19.2 Å². The molecule has 0 unspecified atom stereocenters. The minimum Gasteiger partial charge on any atom is -0.507 e. The molecule has 0 aliphatic rings. The molecule has 1 N–H and O–H groups in total. The van der Waals surface area contributed by atoms with Crippen molar-refractivity contribution in [3.8, 4) is 11.5 Å². The van der Waals surface area contributed by atoms with Crippen molar-refractivity contribution >= 4 is 6.29 Å². The van der Waals surface area contributed by atoms with Gasteiger partial charge in [0.25, 0.3) is 0 Å². The maximum Gasteiger partial charge on any atom is 0.153 e. The molecule has 0 aliphatic carbocycles. The molecule has 1 rings (SSSR count). The number of phenolic OH excluding ortho intramolecular Hbond substituents is 1. The van der Waals surface area contributed by atoms with Crippen LogP contribution < -0.4 is 4.74 Å². The Bertz CT molecular complexity index is 431. The quantitative estimate of drug-likeness (QED) is 0.653. The molecule has 0 saturated carbocycles. The highest BCUT2D eigenvalue weighted by molar-refractivity contribution is 5.79. The van der Waals surface area contributed by atoms with Crippen molar-refractivity contribution in [2.75, 3.05) is 7.11 Å². The van der Waals surface area contributed by atoms with Crippen LogP contribution in [0.3, 0.4) is 0 Å².